The van der Waals surface area contributed by atoms with Crippen LogP contribution in [0.4, 0.5) is 0 Å². The molecule has 0 aliphatic rings. The van der Waals surface area contributed by atoms with Gasteiger partial charge in [0, 0.05) is 12.8 Å². The van der Waals surface area contributed by atoms with Crippen molar-refractivity contribution in [2.75, 3.05) is 47.5 Å². The molecule has 2 atom stereocenters. The monoisotopic (exact) mass is 1360 g/mol. The molecule has 568 valence electrons. The third-order valence-electron chi connectivity index (χ3n) is 19.3. The Kier molecular flexibility index (Phi) is 76.3. The minimum atomic E-state index is -1.51. The van der Waals surface area contributed by atoms with Gasteiger partial charge in [0.25, 0.3) is 6.29 Å². The zero-order valence-electron chi connectivity index (χ0n) is 65.3. The van der Waals surface area contributed by atoms with Gasteiger partial charge in [-0.2, -0.15) is 0 Å². The number of carboxylic acids is 1. The summed E-state index contributed by atoms with van der Waals surface area (Å²) in [6, 6.07) is 0. The number of likely N-dealkylation sites (N-methyl/N-ethyl adjacent to an activating group) is 1. The highest BCUT2D eigenvalue weighted by Gasteiger charge is 2.25. The lowest BCUT2D eigenvalue weighted by Crippen LogP contribution is -2.40. The number of carbonyl (C=O) groups excluding carboxylic acids is 2. The molecule has 0 aliphatic carbocycles. The fraction of sp³-hybridized carbons (Fsp3) is 0.852. The van der Waals surface area contributed by atoms with Gasteiger partial charge in [-0.1, -0.05) is 396 Å². The third-order valence-corrected chi connectivity index (χ3v) is 19.3. The quantitative estimate of drug-likeness (QED) is 0.0211. The molecule has 0 saturated heterocycles. The summed E-state index contributed by atoms with van der Waals surface area (Å²) in [5.74, 6) is -1.97. The summed E-state index contributed by atoms with van der Waals surface area (Å²) < 4.78 is 23.1. The molecule has 97 heavy (non-hydrogen) atoms. The molecule has 0 aromatic carbocycles. The van der Waals surface area contributed by atoms with Crippen molar-refractivity contribution in [3.05, 3.63) is 60.8 Å². The van der Waals surface area contributed by atoms with E-state index in [0.29, 0.717) is 17.4 Å². The smallest absolute Gasteiger partial charge is 0.361 e. The normalized spacial score (nSPS) is 12.9. The highest BCUT2D eigenvalue weighted by atomic mass is 16.7. The highest BCUT2D eigenvalue weighted by Crippen LogP contribution is 2.20. The molecule has 0 radical (unpaired) electrons. The number of allylic oxidation sites excluding steroid dienone is 10. The standard InChI is InChI=1S/C88H163NO8/c1-6-8-10-12-14-16-18-20-22-24-26-28-30-32-34-36-38-40-41-42-43-44-45-47-49-51-53-55-57-59-61-63-65-67-69-71-73-75-77-79-86(91)97-84(83-96-88(87(92)93)94-81-80-89(3,4)5)82-95-85(90)78-76-74-72-70-68-66-64-62-60-58-56-54-52-50-48-46-39-37-35-33-31-29-27-25-23-21-19-17-15-13-11-9-7-2/h8,10,14,16,20,22,25-28,84,88H,6-7,9,11-13,15,17-19,21,23-24,29-83H2,1-5H3/p+1/b10-8-,16-14-,22-20-,27-25-,28-26-. The van der Waals surface area contributed by atoms with Crippen molar-refractivity contribution in [1.82, 2.24) is 0 Å². The van der Waals surface area contributed by atoms with Crippen molar-refractivity contribution < 1.29 is 42.9 Å². The van der Waals surface area contributed by atoms with Gasteiger partial charge in [0.1, 0.15) is 13.2 Å². The minimum Gasteiger partial charge on any atom is -0.477 e. The van der Waals surface area contributed by atoms with E-state index in [4.69, 9.17) is 18.9 Å². The first kappa shape index (κ1) is 94.0. The van der Waals surface area contributed by atoms with E-state index >= 15 is 0 Å². The van der Waals surface area contributed by atoms with E-state index in [1.165, 1.54) is 334 Å². The fourth-order valence-electron chi connectivity index (χ4n) is 12.8. The van der Waals surface area contributed by atoms with Crippen molar-refractivity contribution >= 4 is 17.9 Å². The van der Waals surface area contributed by atoms with Crippen LogP contribution in [0.3, 0.4) is 0 Å². The molecule has 2 unspecified atom stereocenters. The number of unbranched alkanes of at least 4 members (excludes halogenated alkanes) is 55. The number of esters is 2. The van der Waals surface area contributed by atoms with Crippen LogP contribution < -0.4 is 0 Å². The molecule has 0 saturated carbocycles. The predicted molar refractivity (Wildman–Crippen MR) is 420 cm³/mol. The Balaban J connectivity index is 3.93. The van der Waals surface area contributed by atoms with Crippen molar-refractivity contribution in [3.63, 3.8) is 0 Å². The Morgan fingerprint density at radius 1 is 0.320 bits per heavy atom. The second kappa shape index (κ2) is 78.7. The van der Waals surface area contributed by atoms with Crippen LogP contribution in [0, 0.1) is 0 Å². The Morgan fingerprint density at radius 3 is 0.887 bits per heavy atom. The van der Waals surface area contributed by atoms with Crippen LogP contribution in [0.1, 0.15) is 425 Å². The second-order valence-corrected chi connectivity index (χ2v) is 30.1. The van der Waals surface area contributed by atoms with Crippen molar-refractivity contribution in [1.29, 1.82) is 0 Å². The summed E-state index contributed by atoms with van der Waals surface area (Å²) in [6.45, 7) is 4.84. The molecule has 0 bridgehead atoms. The molecular weight excluding hydrogens is 1200 g/mol. The van der Waals surface area contributed by atoms with E-state index in [0.717, 1.165) is 64.2 Å². The van der Waals surface area contributed by atoms with Gasteiger partial charge in [0.05, 0.1) is 34.4 Å². The first-order chi connectivity index (χ1) is 47.6. The van der Waals surface area contributed by atoms with Gasteiger partial charge in [-0.3, -0.25) is 9.59 Å². The molecule has 0 rings (SSSR count). The molecule has 0 aromatic heterocycles. The molecule has 0 spiro atoms. The Morgan fingerprint density at radius 2 is 0.588 bits per heavy atom. The van der Waals surface area contributed by atoms with Gasteiger partial charge in [0.15, 0.2) is 6.10 Å². The molecule has 0 heterocycles. The van der Waals surface area contributed by atoms with Gasteiger partial charge in [0.2, 0.25) is 0 Å². The van der Waals surface area contributed by atoms with Gasteiger partial charge in [-0.25, -0.2) is 4.79 Å². The summed E-state index contributed by atoms with van der Waals surface area (Å²) in [7, 11) is 6.00. The Hall–Kier alpha value is -3.01. The molecule has 0 aromatic rings. The zero-order valence-corrected chi connectivity index (χ0v) is 65.3. The number of aliphatic carboxylic acids is 1. The van der Waals surface area contributed by atoms with Crippen LogP contribution in [-0.2, 0) is 33.3 Å². The zero-order chi connectivity index (χ0) is 70.4. The molecular formula is C88H164NO8+. The maximum atomic E-state index is 13.0. The predicted octanol–water partition coefficient (Wildman–Crippen LogP) is 27.4. The fourth-order valence-corrected chi connectivity index (χ4v) is 12.8. The number of hydrogen-bond acceptors (Lipinski definition) is 7. The molecule has 9 nitrogen and oxygen atoms in total. The van der Waals surface area contributed by atoms with E-state index in [-0.39, 0.29) is 38.2 Å². The second-order valence-electron chi connectivity index (χ2n) is 30.1. The average Bonchev–Trinajstić information content (AvgIpc) is 2.39. The van der Waals surface area contributed by atoms with E-state index in [9.17, 15) is 19.5 Å². The summed E-state index contributed by atoms with van der Waals surface area (Å²) >= 11 is 0. The van der Waals surface area contributed by atoms with Gasteiger partial charge < -0.3 is 28.5 Å². The van der Waals surface area contributed by atoms with E-state index in [2.05, 4.69) is 74.6 Å². The number of hydrogen-bond donors (Lipinski definition) is 1. The minimum absolute atomic E-state index is 0.176. The number of ether oxygens (including phenoxy) is 4. The third kappa shape index (κ3) is 80.2. The number of rotatable bonds is 80. The summed E-state index contributed by atoms with van der Waals surface area (Å²) in [4.78, 5) is 37.8. The van der Waals surface area contributed by atoms with Gasteiger partial charge in [-0.05, 0) is 77.0 Å². The van der Waals surface area contributed by atoms with Gasteiger partial charge >= 0.3 is 17.9 Å². The van der Waals surface area contributed by atoms with Crippen LogP contribution in [-0.4, -0.2) is 87.4 Å². The lowest BCUT2D eigenvalue weighted by atomic mass is 10.0. The number of carbonyl (C=O) groups is 3. The van der Waals surface area contributed by atoms with Crippen LogP contribution >= 0.6 is 0 Å². The maximum Gasteiger partial charge on any atom is 0.361 e. The highest BCUT2D eigenvalue weighted by molar-refractivity contribution is 5.71. The molecule has 9 heteroatoms. The van der Waals surface area contributed by atoms with Gasteiger partial charge in [-0.15, -0.1) is 0 Å². The van der Waals surface area contributed by atoms with Crippen LogP contribution in [0.5, 0.6) is 0 Å². The van der Waals surface area contributed by atoms with E-state index in [1.54, 1.807) is 0 Å². The molecule has 0 fully saturated rings. The maximum absolute atomic E-state index is 13.0. The largest absolute Gasteiger partial charge is 0.477 e. The van der Waals surface area contributed by atoms with Crippen LogP contribution in [0.2, 0.25) is 0 Å². The lowest BCUT2D eigenvalue weighted by Gasteiger charge is -2.25. The molecule has 0 aliphatic heterocycles. The topological polar surface area (TPSA) is 108 Å². The van der Waals surface area contributed by atoms with E-state index < -0.39 is 18.4 Å². The van der Waals surface area contributed by atoms with Crippen molar-refractivity contribution in [3.8, 4) is 0 Å². The number of carboxylic acid groups (broad SMARTS) is 1. The van der Waals surface area contributed by atoms with Crippen molar-refractivity contribution in [2.24, 2.45) is 0 Å². The van der Waals surface area contributed by atoms with Crippen molar-refractivity contribution in [2.45, 2.75) is 437 Å². The molecule has 1 N–H and O–H groups in total. The summed E-state index contributed by atoms with van der Waals surface area (Å²) in [5.41, 5.74) is 0. The first-order valence-electron chi connectivity index (χ1n) is 42.5. The Bertz CT molecular complexity index is 1780. The first-order valence-corrected chi connectivity index (χ1v) is 42.5. The SMILES string of the molecule is CC/C=C\C/C=C\C/C=C\C/C=C\CCCCCCCCCCCCCCCCCCCCCCCCCCCCC(=O)OC(COC(=O)CCCCCCCCCCCCCCCCCCCCCCC/C=C\CCCCCCCCCC)COC(OCC[N+](C)(C)C)C(=O)O. The summed E-state index contributed by atoms with van der Waals surface area (Å²) in [6.07, 6.45) is 103. The van der Waals surface area contributed by atoms with E-state index in [1.807, 2.05) is 21.1 Å². The summed E-state index contributed by atoms with van der Waals surface area (Å²) in [5, 5.41) is 9.78. The van der Waals surface area contributed by atoms with Crippen LogP contribution in [0.15, 0.2) is 60.8 Å². The number of nitrogens with zero attached hydrogens (tertiary/aromatic N) is 1. The number of quaternary nitrogens is 1. The van der Waals surface area contributed by atoms with Crippen LogP contribution in [0.25, 0.3) is 0 Å². The molecule has 0 amide bonds. The average molecular weight is 1360 g/mol. The Labute approximate surface area is 603 Å². The lowest BCUT2D eigenvalue weighted by molar-refractivity contribution is -0.870.